The first-order valence-corrected chi connectivity index (χ1v) is 9.44. The highest BCUT2D eigenvalue weighted by Crippen LogP contribution is 2.12. The summed E-state index contributed by atoms with van der Waals surface area (Å²) in [4.78, 5) is 24.4. The fourth-order valence-electron chi connectivity index (χ4n) is 2.62. The molecule has 0 spiro atoms. The minimum atomic E-state index is -1.25. The Morgan fingerprint density at radius 2 is 1.45 bits per heavy atom. The molecule has 0 unspecified atom stereocenters. The average Bonchev–Trinajstić information content (AvgIpc) is 2.64. The summed E-state index contributed by atoms with van der Waals surface area (Å²) in [5.41, 5.74) is 6.28. The van der Waals surface area contributed by atoms with Crippen LogP contribution in [0.25, 0.3) is 0 Å². The maximum Gasteiger partial charge on any atom is 0.409 e. The van der Waals surface area contributed by atoms with Gasteiger partial charge in [0.05, 0.1) is 6.54 Å². The van der Waals surface area contributed by atoms with Crippen molar-refractivity contribution in [2.24, 2.45) is 5.73 Å². The topological polar surface area (TPSA) is 103 Å². The highest BCUT2D eigenvalue weighted by Gasteiger charge is 2.30. The van der Waals surface area contributed by atoms with Crippen molar-refractivity contribution in [3.8, 4) is 0 Å². The number of nitrogens with two attached hydrogens (primary N) is 1. The van der Waals surface area contributed by atoms with Crippen LogP contribution < -0.4 is 16.4 Å². The highest BCUT2D eigenvalue weighted by atomic mass is 16.6. The molecule has 0 aromatic heterocycles. The molecule has 7 nitrogen and oxygen atoms in total. The van der Waals surface area contributed by atoms with Gasteiger partial charge in [-0.2, -0.15) is 0 Å². The van der Waals surface area contributed by atoms with Crippen LogP contribution in [0.4, 0.5) is 9.59 Å². The molecule has 0 aliphatic heterocycles. The molecule has 4 N–H and O–H groups in total. The fraction of sp³-hybridized carbons (Fsp3) is 0.364. The van der Waals surface area contributed by atoms with Crippen LogP contribution in [0.1, 0.15) is 31.9 Å². The van der Waals surface area contributed by atoms with Gasteiger partial charge >= 0.3 is 12.2 Å². The molecule has 0 radical (unpaired) electrons. The third-order valence-electron chi connectivity index (χ3n) is 3.87. The number of hydrogen-bond acceptors (Lipinski definition) is 5. The lowest BCUT2D eigenvalue weighted by Gasteiger charge is -2.32. The highest BCUT2D eigenvalue weighted by molar-refractivity contribution is 5.70. The molecule has 29 heavy (non-hydrogen) atoms. The van der Waals surface area contributed by atoms with E-state index in [2.05, 4.69) is 10.6 Å². The third-order valence-corrected chi connectivity index (χ3v) is 3.87. The lowest BCUT2D eigenvalue weighted by atomic mass is 10.0. The van der Waals surface area contributed by atoms with Gasteiger partial charge in [-0.1, -0.05) is 60.7 Å². The predicted octanol–water partition coefficient (Wildman–Crippen LogP) is 3.34. The number of hydrogen-bond donors (Lipinski definition) is 3. The molecule has 0 aliphatic carbocycles. The summed E-state index contributed by atoms with van der Waals surface area (Å²) in [5, 5.41) is 5.30. The number of benzene rings is 2. The summed E-state index contributed by atoms with van der Waals surface area (Å²) in [6.45, 7) is 5.40. The van der Waals surface area contributed by atoms with Gasteiger partial charge in [0.25, 0.3) is 0 Å². The largest absolute Gasteiger partial charge is 0.445 e. The summed E-state index contributed by atoms with van der Waals surface area (Å²) in [5.74, 6) is 0. The van der Waals surface area contributed by atoms with Gasteiger partial charge in [0.1, 0.15) is 17.9 Å². The van der Waals surface area contributed by atoms with Crippen LogP contribution in [-0.2, 0) is 22.5 Å². The zero-order valence-electron chi connectivity index (χ0n) is 17.1. The van der Waals surface area contributed by atoms with Gasteiger partial charge in [-0.05, 0) is 31.9 Å². The number of carbonyl (C=O) groups excluding carboxylic acids is 2. The molecule has 0 fully saturated rings. The van der Waals surface area contributed by atoms with E-state index in [-0.39, 0.29) is 13.2 Å². The van der Waals surface area contributed by atoms with Gasteiger partial charge in [0.2, 0.25) is 0 Å². The lowest BCUT2D eigenvalue weighted by Crippen LogP contribution is -2.64. The van der Waals surface area contributed by atoms with Gasteiger partial charge in [0, 0.05) is 6.42 Å². The van der Waals surface area contributed by atoms with E-state index >= 15 is 0 Å². The molecule has 0 saturated carbocycles. The molecule has 2 aromatic carbocycles. The number of nitrogens with one attached hydrogen (secondary N) is 2. The monoisotopic (exact) mass is 399 g/mol. The predicted molar refractivity (Wildman–Crippen MR) is 111 cm³/mol. The maximum atomic E-state index is 12.3. The molecule has 7 heteroatoms. The Morgan fingerprint density at radius 3 is 2.00 bits per heavy atom. The van der Waals surface area contributed by atoms with E-state index in [0.717, 1.165) is 11.1 Å². The van der Waals surface area contributed by atoms with Gasteiger partial charge in [0.15, 0.2) is 0 Å². The van der Waals surface area contributed by atoms with Crippen LogP contribution in [0.2, 0.25) is 0 Å². The van der Waals surface area contributed by atoms with Crippen molar-refractivity contribution >= 4 is 12.2 Å². The van der Waals surface area contributed by atoms with E-state index in [1.54, 1.807) is 20.8 Å². The SMILES string of the molecule is CC(C)(C)OC(=O)N[C@@](N)(CNC(=O)OCc1ccccc1)Cc1ccccc1. The van der Waals surface area contributed by atoms with Crippen molar-refractivity contribution in [3.63, 3.8) is 0 Å². The van der Waals surface area contributed by atoms with Crippen LogP contribution in [0.5, 0.6) is 0 Å². The normalized spacial score (nSPS) is 13.1. The van der Waals surface area contributed by atoms with Crippen LogP contribution in [-0.4, -0.2) is 30.0 Å². The first kappa shape index (κ1) is 22.2. The Hall–Kier alpha value is -3.06. The molecule has 2 rings (SSSR count). The molecule has 0 bridgehead atoms. The third kappa shape index (κ3) is 8.66. The summed E-state index contributed by atoms with van der Waals surface area (Å²) in [7, 11) is 0. The van der Waals surface area contributed by atoms with Crippen LogP contribution in [0.15, 0.2) is 60.7 Å². The van der Waals surface area contributed by atoms with Crippen molar-refractivity contribution in [2.75, 3.05) is 6.54 Å². The minimum absolute atomic E-state index is 0.0330. The van der Waals surface area contributed by atoms with Gasteiger partial charge in [-0.25, -0.2) is 9.59 Å². The molecular weight excluding hydrogens is 370 g/mol. The van der Waals surface area contributed by atoms with Crippen molar-refractivity contribution in [1.29, 1.82) is 0 Å². The molecule has 0 heterocycles. The van der Waals surface area contributed by atoms with E-state index in [1.807, 2.05) is 60.7 Å². The standard InChI is InChI=1S/C22H29N3O4/c1-21(2,3)29-20(27)25-22(23,14-17-10-6-4-7-11-17)16-24-19(26)28-15-18-12-8-5-9-13-18/h4-13H,14-16,23H2,1-3H3,(H,24,26)(H,25,27)/t22-/m1/s1. The zero-order valence-corrected chi connectivity index (χ0v) is 17.1. The van der Waals surface area contributed by atoms with Crippen LogP contribution in [0.3, 0.4) is 0 Å². The van der Waals surface area contributed by atoms with E-state index < -0.39 is 23.5 Å². The Bertz CT molecular complexity index is 791. The van der Waals surface area contributed by atoms with E-state index in [4.69, 9.17) is 15.2 Å². The Balaban J connectivity index is 1.98. The van der Waals surface area contributed by atoms with E-state index in [0.29, 0.717) is 6.42 Å². The maximum absolute atomic E-state index is 12.3. The fourth-order valence-corrected chi connectivity index (χ4v) is 2.62. The number of rotatable bonds is 7. The van der Waals surface area contributed by atoms with Crippen LogP contribution in [0, 0.1) is 0 Å². The quantitative estimate of drug-likeness (QED) is 0.620. The second kappa shape index (κ2) is 9.93. The van der Waals surface area contributed by atoms with Gasteiger partial charge < -0.3 is 25.8 Å². The summed E-state index contributed by atoms with van der Waals surface area (Å²) in [6.07, 6.45) is -0.982. The Morgan fingerprint density at radius 1 is 0.897 bits per heavy atom. The zero-order chi connectivity index (χ0) is 21.3. The average molecular weight is 399 g/mol. The van der Waals surface area contributed by atoms with Gasteiger partial charge in [-0.15, -0.1) is 0 Å². The molecule has 156 valence electrons. The van der Waals surface area contributed by atoms with Crippen molar-refractivity contribution < 1.29 is 19.1 Å². The van der Waals surface area contributed by atoms with Crippen LogP contribution >= 0.6 is 0 Å². The molecule has 2 amide bonds. The second-order valence-corrected chi connectivity index (χ2v) is 7.86. The lowest BCUT2D eigenvalue weighted by molar-refractivity contribution is 0.0452. The Kier molecular flexibility index (Phi) is 7.61. The summed E-state index contributed by atoms with van der Waals surface area (Å²) >= 11 is 0. The van der Waals surface area contributed by atoms with Crippen molar-refractivity contribution in [2.45, 2.75) is 45.1 Å². The molecule has 0 saturated heterocycles. The van der Waals surface area contributed by atoms with Crippen molar-refractivity contribution in [1.82, 2.24) is 10.6 Å². The first-order valence-electron chi connectivity index (χ1n) is 9.44. The molecule has 2 aromatic rings. The summed E-state index contributed by atoms with van der Waals surface area (Å²) < 4.78 is 10.5. The number of ether oxygens (including phenoxy) is 2. The minimum Gasteiger partial charge on any atom is -0.445 e. The second-order valence-electron chi connectivity index (χ2n) is 7.86. The molecule has 1 atom stereocenters. The van der Waals surface area contributed by atoms with Gasteiger partial charge in [-0.3, -0.25) is 0 Å². The van der Waals surface area contributed by atoms with E-state index in [1.165, 1.54) is 0 Å². The number of amides is 2. The first-order chi connectivity index (χ1) is 13.7. The number of alkyl carbamates (subject to hydrolysis) is 2. The van der Waals surface area contributed by atoms with E-state index in [9.17, 15) is 9.59 Å². The smallest absolute Gasteiger partial charge is 0.409 e. The summed E-state index contributed by atoms with van der Waals surface area (Å²) in [6, 6.07) is 18.8. The molecular formula is C22H29N3O4. The Labute approximate surface area is 171 Å². The van der Waals surface area contributed by atoms with Crippen molar-refractivity contribution in [3.05, 3.63) is 71.8 Å². The molecule has 0 aliphatic rings. The number of carbonyl (C=O) groups is 2.